The second-order valence-corrected chi connectivity index (χ2v) is 5.12. The molecule has 2 rings (SSSR count). The number of nitrogens with zero attached hydrogens (tertiary/aromatic N) is 2. The van der Waals surface area contributed by atoms with Crippen LogP contribution in [0.4, 0.5) is 0 Å². The number of hydrogen-bond donors (Lipinski definition) is 1. The van der Waals surface area contributed by atoms with Crippen LogP contribution in [0.1, 0.15) is 18.2 Å². The first kappa shape index (κ1) is 14.1. The SMILES string of the molecule is CCc1ccc(OC)c(-c2nn(C)c(CN)c2Br)c1. The Morgan fingerprint density at radius 1 is 1.42 bits per heavy atom. The van der Waals surface area contributed by atoms with E-state index in [0.717, 1.165) is 33.6 Å². The van der Waals surface area contributed by atoms with Gasteiger partial charge in [0.05, 0.1) is 17.3 Å². The molecule has 0 saturated heterocycles. The van der Waals surface area contributed by atoms with Crippen molar-refractivity contribution in [2.24, 2.45) is 12.8 Å². The second-order valence-electron chi connectivity index (χ2n) is 4.33. The summed E-state index contributed by atoms with van der Waals surface area (Å²) in [5.41, 5.74) is 9.83. The van der Waals surface area contributed by atoms with Gasteiger partial charge in [0.2, 0.25) is 0 Å². The number of halogens is 1. The zero-order valence-electron chi connectivity index (χ0n) is 11.4. The Bertz CT molecular complexity index is 593. The van der Waals surface area contributed by atoms with E-state index in [1.165, 1.54) is 5.56 Å². The van der Waals surface area contributed by atoms with Gasteiger partial charge in [-0.1, -0.05) is 13.0 Å². The Balaban J connectivity index is 2.63. The maximum Gasteiger partial charge on any atom is 0.128 e. The van der Waals surface area contributed by atoms with Gasteiger partial charge in [0.25, 0.3) is 0 Å². The van der Waals surface area contributed by atoms with Crippen molar-refractivity contribution in [2.75, 3.05) is 7.11 Å². The van der Waals surface area contributed by atoms with Gasteiger partial charge in [0.1, 0.15) is 11.4 Å². The molecule has 2 N–H and O–H groups in total. The van der Waals surface area contributed by atoms with Gasteiger partial charge in [-0.05, 0) is 40.0 Å². The Morgan fingerprint density at radius 2 is 2.16 bits per heavy atom. The minimum atomic E-state index is 0.444. The van der Waals surface area contributed by atoms with Crippen molar-refractivity contribution in [3.63, 3.8) is 0 Å². The summed E-state index contributed by atoms with van der Waals surface area (Å²) >= 11 is 3.59. The molecule has 1 aromatic carbocycles. The lowest BCUT2D eigenvalue weighted by Crippen LogP contribution is -2.04. The highest BCUT2D eigenvalue weighted by atomic mass is 79.9. The second kappa shape index (κ2) is 5.75. The minimum Gasteiger partial charge on any atom is -0.496 e. The molecule has 0 amide bonds. The fourth-order valence-corrected chi connectivity index (χ4v) is 2.80. The summed E-state index contributed by atoms with van der Waals surface area (Å²) in [6.45, 7) is 2.57. The van der Waals surface area contributed by atoms with Crippen molar-refractivity contribution in [1.82, 2.24) is 9.78 Å². The van der Waals surface area contributed by atoms with E-state index in [4.69, 9.17) is 10.5 Å². The number of methoxy groups -OCH3 is 1. The van der Waals surface area contributed by atoms with Crippen LogP contribution in [-0.4, -0.2) is 16.9 Å². The van der Waals surface area contributed by atoms with E-state index in [1.807, 2.05) is 13.1 Å². The van der Waals surface area contributed by atoms with Crippen LogP contribution in [0.3, 0.4) is 0 Å². The van der Waals surface area contributed by atoms with E-state index < -0.39 is 0 Å². The van der Waals surface area contributed by atoms with Crippen LogP contribution in [-0.2, 0) is 20.0 Å². The Kier molecular flexibility index (Phi) is 4.27. The lowest BCUT2D eigenvalue weighted by molar-refractivity contribution is 0.416. The number of benzene rings is 1. The van der Waals surface area contributed by atoms with Crippen molar-refractivity contribution in [3.8, 4) is 17.0 Å². The summed E-state index contributed by atoms with van der Waals surface area (Å²) in [6, 6.07) is 6.17. The predicted octanol–water partition coefficient (Wildman–Crippen LogP) is 2.88. The third-order valence-corrected chi connectivity index (χ3v) is 4.06. The molecule has 4 nitrogen and oxygen atoms in total. The van der Waals surface area contributed by atoms with Crippen molar-refractivity contribution < 1.29 is 4.74 Å². The van der Waals surface area contributed by atoms with E-state index in [2.05, 4.69) is 40.1 Å². The molecule has 19 heavy (non-hydrogen) atoms. The number of aryl methyl sites for hydroxylation is 2. The normalized spacial score (nSPS) is 10.8. The molecule has 0 saturated carbocycles. The number of nitrogens with two attached hydrogens (primary N) is 1. The van der Waals surface area contributed by atoms with E-state index in [1.54, 1.807) is 11.8 Å². The maximum absolute atomic E-state index is 5.75. The van der Waals surface area contributed by atoms with Gasteiger partial charge in [0, 0.05) is 19.2 Å². The molecule has 0 unspecified atom stereocenters. The predicted molar refractivity (Wildman–Crippen MR) is 80.2 cm³/mol. The van der Waals surface area contributed by atoms with Crippen LogP contribution in [0.15, 0.2) is 22.7 Å². The summed E-state index contributed by atoms with van der Waals surface area (Å²) in [7, 11) is 3.57. The molecule has 2 aromatic rings. The smallest absolute Gasteiger partial charge is 0.128 e. The highest BCUT2D eigenvalue weighted by Crippen LogP contribution is 2.36. The first-order valence-electron chi connectivity index (χ1n) is 6.21. The molecule has 102 valence electrons. The Hall–Kier alpha value is -1.33. The van der Waals surface area contributed by atoms with Crippen molar-refractivity contribution in [1.29, 1.82) is 0 Å². The summed E-state index contributed by atoms with van der Waals surface area (Å²) in [5, 5.41) is 4.55. The van der Waals surface area contributed by atoms with Crippen LogP contribution in [0.2, 0.25) is 0 Å². The third-order valence-electron chi connectivity index (χ3n) is 3.22. The molecule has 1 aromatic heterocycles. The molecule has 0 fully saturated rings. The quantitative estimate of drug-likeness (QED) is 0.941. The molecule has 0 aliphatic heterocycles. The lowest BCUT2D eigenvalue weighted by Gasteiger charge is -2.08. The van der Waals surface area contributed by atoms with Crippen molar-refractivity contribution in [2.45, 2.75) is 19.9 Å². The molecule has 0 atom stereocenters. The molecule has 0 aliphatic rings. The average molecular weight is 324 g/mol. The van der Waals surface area contributed by atoms with E-state index in [-0.39, 0.29) is 0 Å². The average Bonchev–Trinajstić information content (AvgIpc) is 2.72. The minimum absolute atomic E-state index is 0.444. The fourth-order valence-electron chi connectivity index (χ4n) is 2.09. The maximum atomic E-state index is 5.75. The summed E-state index contributed by atoms with van der Waals surface area (Å²) in [5.74, 6) is 0.819. The van der Waals surface area contributed by atoms with E-state index >= 15 is 0 Å². The molecule has 0 bridgehead atoms. The highest BCUT2D eigenvalue weighted by molar-refractivity contribution is 9.10. The van der Waals surface area contributed by atoms with Gasteiger partial charge in [-0.25, -0.2) is 0 Å². The molecule has 0 radical (unpaired) electrons. The molecule has 5 heteroatoms. The Labute approximate surface area is 121 Å². The van der Waals surface area contributed by atoms with Crippen LogP contribution >= 0.6 is 15.9 Å². The monoisotopic (exact) mass is 323 g/mol. The highest BCUT2D eigenvalue weighted by Gasteiger charge is 2.17. The lowest BCUT2D eigenvalue weighted by atomic mass is 10.0. The molecule has 1 heterocycles. The van der Waals surface area contributed by atoms with E-state index in [0.29, 0.717) is 6.54 Å². The molecule has 0 aliphatic carbocycles. The van der Waals surface area contributed by atoms with Gasteiger partial charge < -0.3 is 10.5 Å². The molecular weight excluding hydrogens is 306 g/mol. The summed E-state index contributed by atoms with van der Waals surface area (Å²) in [4.78, 5) is 0. The van der Waals surface area contributed by atoms with Gasteiger partial charge >= 0.3 is 0 Å². The first-order chi connectivity index (χ1) is 9.12. The van der Waals surface area contributed by atoms with E-state index in [9.17, 15) is 0 Å². The summed E-state index contributed by atoms with van der Waals surface area (Å²) in [6.07, 6.45) is 0.977. The zero-order chi connectivity index (χ0) is 14.0. The van der Waals surface area contributed by atoms with Crippen LogP contribution < -0.4 is 10.5 Å². The van der Waals surface area contributed by atoms with Gasteiger partial charge in [-0.15, -0.1) is 0 Å². The summed E-state index contributed by atoms with van der Waals surface area (Å²) < 4.78 is 8.17. The largest absolute Gasteiger partial charge is 0.496 e. The van der Waals surface area contributed by atoms with Crippen LogP contribution in [0.5, 0.6) is 5.75 Å². The fraction of sp³-hybridized carbons (Fsp3) is 0.357. The van der Waals surface area contributed by atoms with Gasteiger partial charge in [0.15, 0.2) is 0 Å². The third kappa shape index (κ3) is 2.53. The van der Waals surface area contributed by atoms with Crippen LogP contribution in [0, 0.1) is 0 Å². The van der Waals surface area contributed by atoms with Crippen LogP contribution in [0.25, 0.3) is 11.3 Å². The topological polar surface area (TPSA) is 53.1 Å². The Morgan fingerprint density at radius 3 is 2.68 bits per heavy atom. The number of rotatable bonds is 4. The van der Waals surface area contributed by atoms with Crippen molar-refractivity contribution in [3.05, 3.63) is 33.9 Å². The zero-order valence-corrected chi connectivity index (χ0v) is 13.0. The standard InChI is InChI=1S/C14H18BrN3O/c1-4-9-5-6-12(19-3)10(7-9)14-13(15)11(8-16)18(2)17-14/h5-7H,4,8,16H2,1-3H3. The van der Waals surface area contributed by atoms with Crippen molar-refractivity contribution >= 4 is 15.9 Å². The molecular formula is C14H18BrN3O. The first-order valence-corrected chi connectivity index (χ1v) is 7.00. The number of ether oxygens (including phenoxy) is 1. The van der Waals surface area contributed by atoms with Gasteiger partial charge in [-0.2, -0.15) is 5.10 Å². The number of aromatic nitrogens is 2. The van der Waals surface area contributed by atoms with Gasteiger partial charge in [-0.3, -0.25) is 4.68 Å². The number of hydrogen-bond acceptors (Lipinski definition) is 3. The molecule has 0 spiro atoms.